The first kappa shape index (κ1) is 33.0. The molecule has 0 aliphatic carbocycles. The molecule has 3 amide bonds. The van der Waals surface area contributed by atoms with Crippen LogP contribution >= 0.6 is 0 Å². The number of aliphatic hydroxyl groups excluding tert-OH is 1. The van der Waals surface area contributed by atoms with Gasteiger partial charge in [-0.2, -0.15) is 0 Å². The number of fused-ring (bicyclic) bond motifs is 1. The molecule has 0 aliphatic heterocycles. The lowest BCUT2D eigenvalue weighted by Crippen LogP contribution is -2.60. The average molecular weight is 597 g/mol. The highest BCUT2D eigenvalue weighted by atomic mass is 16.4. The number of carbonyl (C=O) groups excluding carboxylic acids is 3. The molecule has 0 saturated heterocycles. The monoisotopic (exact) mass is 596 g/mol. The van der Waals surface area contributed by atoms with Gasteiger partial charge in [0.25, 0.3) is 0 Å². The molecule has 2 aromatic carbocycles. The summed E-state index contributed by atoms with van der Waals surface area (Å²) in [4.78, 5) is 54.8. The van der Waals surface area contributed by atoms with E-state index in [0.717, 1.165) is 10.9 Å². The van der Waals surface area contributed by atoms with E-state index in [0.29, 0.717) is 36.9 Å². The van der Waals surface area contributed by atoms with Gasteiger partial charge in [-0.05, 0) is 55.6 Å². The third-order valence-electron chi connectivity index (χ3n) is 7.09. The van der Waals surface area contributed by atoms with Crippen LogP contribution in [0.25, 0.3) is 10.9 Å². The first-order chi connectivity index (χ1) is 20.5. The molecule has 13 nitrogen and oxygen atoms in total. The van der Waals surface area contributed by atoms with Crippen LogP contribution in [0.3, 0.4) is 0 Å². The van der Waals surface area contributed by atoms with Crippen molar-refractivity contribution in [2.75, 3.05) is 6.54 Å². The molecule has 3 aromatic rings. The summed E-state index contributed by atoms with van der Waals surface area (Å²) in [5.41, 5.74) is 13.5. The summed E-state index contributed by atoms with van der Waals surface area (Å²) in [6.45, 7) is 1.77. The van der Waals surface area contributed by atoms with Crippen molar-refractivity contribution < 1.29 is 34.5 Å². The Bertz CT molecular complexity index is 1390. The van der Waals surface area contributed by atoms with E-state index < -0.39 is 54.0 Å². The van der Waals surface area contributed by atoms with Crippen molar-refractivity contribution in [2.24, 2.45) is 11.5 Å². The highest BCUT2D eigenvalue weighted by molar-refractivity contribution is 5.95. The topological polar surface area (TPSA) is 233 Å². The fourth-order valence-electron chi connectivity index (χ4n) is 4.64. The fraction of sp³-hybridized carbons (Fsp3) is 0.400. The number of benzene rings is 2. The number of phenolic OH excluding ortho intramolecular Hbond substituents is 1. The van der Waals surface area contributed by atoms with Crippen LogP contribution in [0.5, 0.6) is 5.75 Å². The number of aromatic hydroxyl groups is 1. The smallest absolute Gasteiger partial charge is 0.326 e. The second kappa shape index (κ2) is 15.7. The number of unbranched alkanes of at least 4 members (excludes halogenated alkanes) is 1. The number of carboxylic acid groups (broad SMARTS) is 1. The molecule has 0 spiro atoms. The summed E-state index contributed by atoms with van der Waals surface area (Å²) in [5.74, 6) is -3.55. The predicted molar refractivity (Wildman–Crippen MR) is 160 cm³/mol. The van der Waals surface area contributed by atoms with Crippen LogP contribution < -0.4 is 27.4 Å². The number of amides is 3. The van der Waals surface area contributed by atoms with E-state index in [2.05, 4.69) is 20.9 Å². The van der Waals surface area contributed by atoms with Gasteiger partial charge in [0.15, 0.2) is 0 Å². The molecule has 0 unspecified atom stereocenters. The number of nitrogens with one attached hydrogen (secondary N) is 4. The number of hydrogen-bond acceptors (Lipinski definition) is 8. The van der Waals surface area contributed by atoms with Crippen molar-refractivity contribution in [3.63, 3.8) is 0 Å². The number of para-hydroxylation sites is 1. The van der Waals surface area contributed by atoms with Crippen molar-refractivity contribution in [3.8, 4) is 5.75 Å². The van der Waals surface area contributed by atoms with Crippen molar-refractivity contribution in [2.45, 2.75) is 69.3 Å². The number of aliphatic carboxylic acids is 1. The minimum Gasteiger partial charge on any atom is -0.508 e. The summed E-state index contributed by atoms with van der Waals surface area (Å²) in [6, 6.07) is 8.26. The number of nitrogens with two attached hydrogens (primary N) is 2. The van der Waals surface area contributed by atoms with E-state index in [4.69, 9.17) is 11.5 Å². The first-order valence-corrected chi connectivity index (χ1v) is 14.1. The van der Waals surface area contributed by atoms with E-state index in [1.165, 1.54) is 19.1 Å². The molecule has 232 valence electrons. The Balaban J connectivity index is 1.82. The SMILES string of the molecule is C[C@@H](O)[C@H](NC(=O)[C@@H](N)CCCCN)C(=O)N[C@@H](Cc1c[nH]c2ccccc12)C(=O)N[C@@H](Cc1ccc(O)cc1)C(=O)O. The summed E-state index contributed by atoms with van der Waals surface area (Å²) < 4.78 is 0. The number of carbonyl (C=O) groups is 4. The summed E-state index contributed by atoms with van der Waals surface area (Å²) in [5, 5.41) is 38.1. The molecule has 1 heterocycles. The molecular weight excluding hydrogens is 556 g/mol. The predicted octanol–water partition coefficient (Wildman–Crippen LogP) is 0.0348. The normalized spacial score (nSPS) is 14.7. The number of phenols is 1. The Morgan fingerprint density at radius 3 is 2.21 bits per heavy atom. The average Bonchev–Trinajstić information content (AvgIpc) is 3.38. The molecule has 11 N–H and O–H groups in total. The quantitative estimate of drug-likeness (QED) is 0.101. The van der Waals surface area contributed by atoms with Crippen molar-refractivity contribution in [3.05, 3.63) is 65.9 Å². The Morgan fingerprint density at radius 2 is 1.56 bits per heavy atom. The van der Waals surface area contributed by atoms with Gasteiger partial charge in [-0.25, -0.2) is 4.79 Å². The van der Waals surface area contributed by atoms with Crippen LogP contribution in [0.1, 0.15) is 37.3 Å². The highest BCUT2D eigenvalue weighted by Gasteiger charge is 2.33. The van der Waals surface area contributed by atoms with Crippen LogP contribution in [0.4, 0.5) is 0 Å². The number of aromatic amines is 1. The zero-order valence-electron chi connectivity index (χ0n) is 24.0. The van der Waals surface area contributed by atoms with Gasteiger partial charge in [0.1, 0.15) is 23.9 Å². The molecular formula is C30H40N6O7. The van der Waals surface area contributed by atoms with Crippen molar-refractivity contribution >= 4 is 34.6 Å². The number of aliphatic hydroxyl groups is 1. The second-order valence-corrected chi connectivity index (χ2v) is 10.5. The van der Waals surface area contributed by atoms with Gasteiger partial charge in [-0.3, -0.25) is 14.4 Å². The number of aromatic nitrogens is 1. The standard InChI is InChI=1S/C30H40N6O7/c1-17(37)26(36-27(39)22(32)7-4-5-13-31)29(41)34-24(15-19-16-33-23-8-3-2-6-21(19)23)28(40)35-25(30(42)43)14-18-9-11-20(38)12-10-18/h2-3,6,8-12,16-17,22,24-26,33,37-38H,4-5,7,13-15,31-32H2,1H3,(H,34,41)(H,35,40)(H,36,39)(H,42,43)/t17-,22+,24+,25+,26+/m1/s1. The van der Waals surface area contributed by atoms with Gasteiger partial charge in [0.05, 0.1) is 12.1 Å². The van der Waals surface area contributed by atoms with Gasteiger partial charge in [-0.1, -0.05) is 36.8 Å². The Kier molecular flexibility index (Phi) is 12.0. The maximum atomic E-state index is 13.6. The lowest BCUT2D eigenvalue weighted by Gasteiger charge is -2.26. The molecule has 0 aliphatic rings. The number of carboxylic acids is 1. The van der Waals surface area contributed by atoms with Crippen LogP contribution in [0.2, 0.25) is 0 Å². The van der Waals surface area contributed by atoms with Crippen molar-refractivity contribution in [1.82, 2.24) is 20.9 Å². The summed E-state index contributed by atoms with van der Waals surface area (Å²) >= 11 is 0. The van der Waals surface area contributed by atoms with E-state index in [9.17, 15) is 34.5 Å². The third kappa shape index (κ3) is 9.53. The Morgan fingerprint density at radius 1 is 0.884 bits per heavy atom. The second-order valence-electron chi connectivity index (χ2n) is 10.5. The first-order valence-electron chi connectivity index (χ1n) is 14.1. The molecule has 3 rings (SSSR count). The molecule has 0 radical (unpaired) electrons. The van der Waals surface area contributed by atoms with E-state index in [1.807, 2.05) is 24.3 Å². The number of rotatable bonds is 16. The zero-order valence-corrected chi connectivity index (χ0v) is 24.0. The highest BCUT2D eigenvalue weighted by Crippen LogP contribution is 2.20. The number of hydrogen-bond donors (Lipinski definition) is 9. The summed E-state index contributed by atoms with van der Waals surface area (Å²) in [7, 11) is 0. The molecule has 0 bridgehead atoms. The minimum atomic E-state index is -1.43. The van der Waals surface area contributed by atoms with Crippen LogP contribution in [-0.2, 0) is 32.0 Å². The van der Waals surface area contributed by atoms with E-state index in [1.54, 1.807) is 18.3 Å². The Labute approximate surface area is 249 Å². The van der Waals surface area contributed by atoms with Gasteiger partial charge in [0, 0.05) is 29.9 Å². The van der Waals surface area contributed by atoms with Crippen molar-refractivity contribution in [1.29, 1.82) is 0 Å². The Hall–Kier alpha value is -4.46. The zero-order chi connectivity index (χ0) is 31.5. The number of H-pyrrole nitrogens is 1. The maximum absolute atomic E-state index is 13.6. The van der Waals surface area contributed by atoms with Crippen LogP contribution in [-0.4, -0.2) is 80.8 Å². The molecule has 13 heteroatoms. The van der Waals surface area contributed by atoms with Gasteiger partial charge < -0.3 is 47.7 Å². The maximum Gasteiger partial charge on any atom is 0.326 e. The lowest BCUT2D eigenvalue weighted by molar-refractivity contribution is -0.142. The molecule has 43 heavy (non-hydrogen) atoms. The van der Waals surface area contributed by atoms with Gasteiger partial charge in [-0.15, -0.1) is 0 Å². The third-order valence-corrected chi connectivity index (χ3v) is 7.09. The molecule has 0 fully saturated rings. The molecule has 0 saturated carbocycles. The fourth-order valence-corrected chi connectivity index (χ4v) is 4.64. The molecule has 1 aromatic heterocycles. The van der Waals surface area contributed by atoms with E-state index in [-0.39, 0.29) is 18.6 Å². The largest absolute Gasteiger partial charge is 0.508 e. The van der Waals surface area contributed by atoms with Gasteiger partial charge >= 0.3 is 5.97 Å². The van der Waals surface area contributed by atoms with Gasteiger partial charge in [0.2, 0.25) is 17.7 Å². The van der Waals surface area contributed by atoms with E-state index >= 15 is 0 Å². The molecule has 5 atom stereocenters. The summed E-state index contributed by atoms with van der Waals surface area (Å²) in [6.07, 6.45) is 1.87. The van der Waals surface area contributed by atoms with Crippen LogP contribution in [0, 0.1) is 0 Å². The lowest BCUT2D eigenvalue weighted by atomic mass is 10.0. The van der Waals surface area contributed by atoms with Crippen LogP contribution in [0.15, 0.2) is 54.7 Å². The minimum absolute atomic E-state index is 0.0115.